The number of hydrogen-bond acceptors (Lipinski definition) is 3. The first-order valence-corrected chi connectivity index (χ1v) is 8.58. The Morgan fingerprint density at radius 2 is 1.75 bits per heavy atom. The van der Waals surface area contributed by atoms with Gasteiger partial charge in [-0.15, -0.1) is 6.58 Å². The zero-order valence-electron chi connectivity index (χ0n) is 11.7. The summed E-state index contributed by atoms with van der Waals surface area (Å²) >= 11 is 0. The van der Waals surface area contributed by atoms with Gasteiger partial charge in [-0.2, -0.15) is 4.31 Å². The van der Waals surface area contributed by atoms with Gasteiger partial charge >= 0.3 is 0 Å². The van der Waals surface area contributed by atoms with Crippen LogP contribution in [-0.4, -0.2) is 56.1 Å². The Hall–Kier alpha value is -1.17. The summed E-state index contributed by atoms with van der Waals surface area (Å²) in [5.41, 5.74) is 1.07. The van der Waals surface area contributed by atoms with Gasteiger partial charge < -0.3 is 0 Å². The third kappa shape index (κ3) is 4.16. The summed E-state index contributed by atoms with van der Waals surface area (Å²) in [5.74, 6) is 0.193. The largest absolute Gasteiger partial charge is 0.297 e. The van der Waals surface area contributed by atoms with Crippen molar-refractivity contribution in [2.75, 3.05) is 38.5 Å². The van der Waals surface area contributed by atoms with Crippen LogP contribution in [0.25, 0.3) is 0 Å². The molecule has 1 fully saturated rings. The van der Waals surface area contributed by atoms with Crippen LogP contribution in [0.3, 0.4) is 0 Å². The quantitative estimate of drug-likeness (QED) is 0.744. The normalized spacial score (nSPS) is 18.0. The molecule has 0 saturated carbocycles. The standard InChI is InChI=1S/C15H22N2O2S/c1-2-9-16-10-12-17(13-11-16)20(18,19)14-8-15-6-4-3-5-7-15/h2-7H,1,8-14H2. The van der Waals surface area contributed by atoms with E-state index in [0.29, 0.717) is 19.5 Å². The number of benzene rings is 1. The molecule has 5 heteroatoms. The van der Waals surface area contributed by atoms with Crippen LogP contribution in [0.5, 0.6) is 0 Å². The molecular formula is C15H22N2O2S. The van der Waals surface area contributed by atoms with Crippen LogP contribution in [0.15, 0.2) is 43.0 Å². The number of nitrogens with zero attached hydrogens (tertiary/aromatic N) is 2. The number of aryl methyl sites for hydroxylation is 1. The highest BCUT2D eigenvalue weighted by Crippen LogP contribution is 2.10. The zero-order valence-corrected chi connectivity index (χ0v) is 12.6. The fourth-order valence-electron chi connectivity index (χ4n) is 2.39. The summed E-state index contributed by atoms with van der Waals surface area (Å²) in [6.45, 7) is 7.30. The van der Waals surface area contributed by atoms with Crippen molar-refractivity contribution >= 4 is 10.0 Å². The fraction of sp³-hybridized carbons (Fsp3) is 0.467. The molecule has 110 valence electrons. The number of sulfonamides is 1. The van der Waals surface area contributed by atoms with Gasteiger partial charge in [0.2, 0.25) is 10.0 Å². The number of rotatable bonds is 6. The van der Waals surface area contributed by atoms with E-state index in [1.54, 1.807) is 4.31 Å². The van der Waals surface area contributed by atoms with Gasteiger partial charge in [-0.25, -0.2) is 8.42 Å². The van der Waals surface area contributed by atoms with Crippen molar-refractivity contribution in [2.45, 2.75) is 6.42 Å². The molecule has 1 aliphatic rings. The lowest BCUT2D eigenvalue weighted by Gasteiger charge is -2.33. The van der Waals surface area contributed by atoms with Crippen molar-refractivity contribution in [3.8, 4) is 0 Å². The van der Waals surface area contributed by atoms with Crippen LogP contribution in [0.2, 0.25) is 0 Å². The van der Waals surface area contributed by atoms with Gasteiger partial charge in [-0.3, -0.25) is 4.90 Å². The van der Waals surface area contributed by atoms with Gasteiger partial charge in [0.15, 0.2) is 0 Å². The molecule has 1 heterocycles. The third-order valence-corrected chi connectivity index (χ3v) is 5.48. The number of piperazine rings is 1. The molecule has 2 rings (SSSR count). The molecule has 0 bridgehead atoms. The van der Waals surface area contributed by atoms with Gasteiger partial charge in [0, 0.05) is 32.7 Å². The van der Waals surface area contributed by atoms with Crippen molar-refractivity contribution in [3.63, 3.8) is 0 Å². The Labute approximate surface area is 121 Å². The Balaban J connectivity index is 1.86. The van der Waals surface area contributed by atoms with E-state index in [2.05, 4.69) is 11.5 Å². The molecule has 0 amide bonds. The topological polar surface area (TPSA) is 40.6 Å². The molecule has 1 saturated heterocycles. The van der Waals surface area contributed by atoms with Crippen molar-refractivity contribution < 1.29 is 8.42 Å². The molecule has 0 spiro atoms. The van der Waals surface area contributed by atoms with E-state index < -0.39 is 10.0 Å². The van der Waals surface area contributed by atoms with Crippen LogP contribution < -0.4 is 0 Å². The highest BCUT2D eigenvalue weighted by atomic mass is 32.2. The van der Waals surface area contributed by atoms with Crippen molar-refractivity contribution in [1.82, 2.24) is 9.21 Å². The van der Waals surface area contributed by atoms with E-state index in [1.165, 1.54) is 0 Å². The Bertz CT molecular complexity index is 520. The average Bonchev–Trinajstić information content (AvgIpc) is 2.47. The molecule has 0 aromatic heterocycles. The molecule has 1 aromatic rings. The highest BCUT2D eigenvalue weighted by molar-refractivity contribution is 7.89. The Morgan fingerprint density at radius 3 is 2.35 bits per heavy atom. The van der Waals surface area contributed by atoms with Crippen molar-refractivity contribution in [3.05, 3.63) is 48.6 Å². The van der Waals surface area contributed by atoms with Gasteiger partial charge in [0.05, 0.1) is 5.75 Å². The van der Waals surface area contributed by atoms with E-state index >= 15 is 0 Å². The predicted octanol–water partition coefficient (Wildman–Crippen LogP) is 1.36. The predicted molar refractivity (Wildman–Crippen MR) is 82.1 cm³/mol. The molecule has 0 unspecified atom stereocenters. The maximum absolute atomic E-state index is 12.3. The summed E-state index contributed by atoms with van der Waals surface area (Å²) in [6, 6.07) is 9.76. The van der Waals surface area contributed by atoms with Crippen molar-refractivity contribution in [1.29, 1.82) is 0 Å². The van der Waals surface area contributed by atoms with Crippen LogP contribution in [-0.2, 0) is 16.4 Å². The second-order valence-corrected chi connectivity index (χ2v) is 7.13. The monoisotopic (exact) mass is 294 g/mol. The summed E-state index contributed by atoms with van der Waals surface area (Å²) < 4.78 is 26.2. The SMILES string of the molecule is C=CCN1CCN(S(=O)(=O)CCc2ccccc2)CC1. The minimum Gasteiger partial charge on any atom is -0.297 e. The van der Waals surface area contributed by atoms with E-state index in [1.807, 2.05) is 36.4 Å². The molecule has 1 aliphatic heterocycles. The lowest BCUT2D eigenvalue weighted by atomic mass is 10.2. The molecule has 4 nitrogen and oxygen atoms in total. The molecule has 20 heavy (non-hydrogen) atoms. The summed E-state index contributed by atoms with van der Waals surface area (Å²) in [7, 11) is -3.14. The second-order valence-electron chi connectivity index (χ2n) is 5.04. The van der Waals surface area contributed by atoms with E-state index in [9.17, 15) is 8.42 Å². The lowest BCUT2D eigenvalue weighted by molar-refractivity contribution is 0.204. The second kappa shape index (κ2) is 7.02. The molecule has 0 aliphatic carbocycles. The van der Waals surface area contributed by atoms with Crippen LogP contribution >= 0.6 is 0 Å². The van der Waals surface area contributed by atoms with Gasteiger partial charge in [-0.05, 0) is 12.0 Å². The van der Waals surface area contributed by atoms with Crippen LogP contribution in [0.1, 0.15) is 5.56 Å². The molecule has 0 atom stereocenters. The Morgan fingerprint density at radius 1 is 1.10 bits per heavy atom. The average molecular weight is 294 g/mol. The van der Waals surface area contributed by atoms with Gasteiger partial charge in [0.1, 0.15) is 0 Å². The molecular weight excluding hydrogens is 272 g/mol. The maximum atomic E-state index is 12.3. The minimum absolute atomic E-state index is 0.193. The number of hydrogen-bond donors (Lipinski definition) is 0. The maximum Gasteiger partial charge on any atom is 0.214 e. The van der Waals surface area contributed by atoms with Crippen LogP contribution in [0, 0.1) is 0 Å². The minimum atomic E-state index is -3.14. The van der Waals surface area contributed by atoms with E-state index in [-0.39, 0.29) is 5.75 Å². The Kier molecular flexibility index (Phi) is 5.34. The smallest absolute Gasteiger partial charge is 0.214 e. The first kappa shape index (κ1) is 15.2. The van der Waals surface area contributed by atoms with Crippen LogP contribution in [0.4, 0.5) is 0 Å². The van der Waals surface area contributed by atoms with Gasteiger partial charge in [-0.1, -0.05) is 36.4 Å². The highest BCUT2D eigenvalue weighted by Gasteiger charge is 2.25. The first-order valence-electron chi connectivity index (χ1n) is 6.97. The first-order chi connectivity index (χ1) is 9.62. The third-order valence-electron chi connectivity index (χ3n) is 3.60. The summed E-state index contributed by atoms with van der Waals surface area (Å²) in [5, 5.41) is 0. The zero-order chi connectivity index (χ0) is 14.4. The summed E-state index contributed by atoms with van der Waals surface area (Å²) in [4.78, 5) is 2.22. The molecule has 0 radical (unpaired) electrons. The van der Waals surface area contributed by atoms with E-state index in [0.717, 1.165) is 25.2 Å². The molecule has 1 aromatic carbocycles. The van der Waals surface area contributed by atoms with Gasteiger partial charge in [0.25, 0.3) is 0 Å². The summed E-state index contributed by atoms with van der Waals surface area (Å²) in [6.07, 6.45) is 2.44. The molecule has 0 N–H and O–H groups in total. The van der Waals surface area contributed by atoms with E-state index in [4.69, 9.17) is 0 Å². The van der Waals surface area contributed by atoms with Crippen molar-refractivity contribution in [2.24, 2.45) is 0 Å². The fourth-order valence-corrected chi connectivity index (χ4v) is 3.86. The lowest BCUT2D eigenvalue weighted by Crippen LogP contribution is -2.49.